The van der Waals surface area contributed by atoms with Gasteiger partial charge in [0.05, 0.1) is 11.2 Å². The molecular weight excluding hydrogens is 262 g/mol. The van der Waals surface area contributed by atoms with Gasteiger partial charge in [-0.25, -0.2) is 0 Å². The van der Waals surface area contributed by atoms with Gasteiger partial charge in [-0.1, -0.05) is 18.2 Å². The highest BCUT2D eigenvalue weighted by Gasteiger charge is 2.42. The van der Waals surface area contributed by atoms with Crippen LogP contribution in [0.4, 0.5) is 5.69 Å². The summed E-state index contributed by atoms with van der Waals surface area (Å²) in [5, 5.41) is 4.67. The number of anilines is 1. The molecule has 2 aliphatic heterocycles. The zero-order chi connectivity index (χ0) is 14.6. The van der Waals surface area contributed by atoms with Crippen molar-refractivity contribution in [1.29, 1.82) is 0 Å². The molecule has 2 aliphatic rings. The van der Waals surface area contributed by atoms with E-state index in [2.05, 4.69) is 29.3 Å². The highest BCUT2D eigenvalue weighted by Crippen LogP contribution is 2.37. The zero-order valence-corrected chi connectivity index (χ0v) is 12.5. The predicted molar refractivity (Wildman–Crippen MR) is 85.8 cm³/mol. The molecule has 2 saturated heterocycles. The fraction of sp³-hybridized carbons (Fsp3) is 0.471. The van der Waals surface area contributed by atoms with Gasteiger partial charge in [-0.2, -0.15) is 0 Å². The van der Waals surface area contributed by atoms with Crippen molar-refractivity contribution in [3.8, 4) is 0 Å². The first-order chi connectivity index (χ1) is 10.2. The molecule has 2 fully saturated rings. The minimum absolute atomic E-state index is 0.0751. The third-order valence-electron chi connectivity index (χ3n) is 5.38. The normalized spacial score (nSPS) is 28.3. The summed E-state index contributed by atoms with van der Waals surface area (Å²) < 4.78 is 1.74. The number of para-hydroxylation sites is 1. The summed E-state index contributed by atoms with van der Waals surface area (Å²) >= 11 is 0. The SMILES string of the molecule is CC1C2CNCC2CN1c1cc(=O)n(C)c2ccccc12. The molecule has 0 aliphatic carbocycles. The van der Waals surface area contributed by atoms with Crippen molar-refractivity contribution < 1.29 is 0 Å². The lowest BCUT2D eigenvalue weighted by molar-refractivity contribution is 0.471. The molecule has 3 heterocycles. The monoisotopic (exact) mass is 283 g/mol. The topological polar surface area (TPSA) is 37.3 Å². The quantitative estimate of drug-likeness (QED) is 0.863. The van der Waals surface area contributed by atoms with E-state index in [4.69, 9.17) is 0 Å². The van der Waals surface area contributed by atoms with Crippen LogP contribution in [0.15, 0.2) is 35.1 Å². The molecule has 2 aromatic rings. The summed E-state index contributed by atoms with van der Waals surface area (Å²) in [4.78, 5) is 14.7. The summed E-state index contributed by atoms with van der Waals surface area (Å²) in [6, 6.07) is 10.5. The second kappa shape index (κ2) is 4.60. The average Bonchev–Trinajstić information content (AvgIpc) is 3.07. The van der Waals surface area contributed by atoms with Crippen LogP contribution in [0.5, 0.6) is 0 Å². The smallest absolute Gasteiger partial charge is 0.252 e. The lowest BCUT2D eigenvalue weighted by Gasteiger charge is -2.28. The Morgan fingerprint density at radius 2 is 2.05 bits per heavy atom. The Labute approximate surface area is 124 Å². The van der Waals surface area contributed by atoms with Crippen LogP contribution in [-0.4, -0.2) is 30.2 Å². The highest BCUT2D eigenvalue weighted by atomic mass is 16.1. The number of benzene rings is 1. The molecule has 1 aromatic heterocycles. The van der Waals surface area contributed by atoms with E-state index in [1.807, 2.05) is 25.2 Å². The number of aromatic nitrogens is 1. The maximum atomic E-state index is 12.3. The predicted octanol–water partition coefficient (Wildman–Crippen LogP) is 1.58. The molecular formula is C17H21N3O. The lowest BCUT2D eigenvalue weighted by atomic mass is 9.95. The Morgan fingerprint density at radius 3 is 2.86 bits per heavy atom. The van der Waals surface area contributed by atoms with Crippen LogP contribution >= 0.6 is 0 Å². The molecule has 3 atom stereocenters. The Morgan fingerprint density at radius 1 is 1.24 bits per heavy atom. The van der Waals surface area contributed by atoms with Gasteiger partial charge in [-0.15, -0.1) is 0 Å². The fourth-order valence-corrected chi connectivity index (χ4v) is 4.12. The maximum absolute atomic E-state index is 12.3. The first kappa shape index (κ1) is 12.9. The first-order valence-corrected chi connectivity index (χ1v) is 7.73. The van der Waals surface area contributed by atoms with Gasteiger partial charge in [-0.05, 0) is 24.8 Å². The number of rotatable bonds is 1. The molecule has 1 N–H and O–H groups in total. The maximum Gasteiger partial charge on any atom is 0.252 e. The van der Waals surface area contributed by atoms with E-state index in [9.17, 15) is 4.79 Å². The number of hydrogen-bond acceptors (Lipinski definition) is 3. The fourth-order valence-electron chi connectivity index (χ4n) is 4.12. The second-order valence-electron chi connectivity index (χ2n) is 6.42. The van der Waals surface area contributed by atoms with Crippen LogP contribution < -0.4 is 15.8 Å². The van der Waals surface area contributed by atoms with Crippen LogP contribution in [0.3, 0.4) is 0 Å². The molecule has 0 spiro atoms. The number of hydrogen-bond donors (Lipinski definition) is 1. The van der Waals surface area contributed by atoms with E-state index in [0.717, 1.165) is 30.8 Å². The van der Waals surface area contributed by atoms with Crippen molar-refractivity contribution in [3.05, 3.63) is 40.7 Å². The van der Waals surface area contributed by atoms with Gasteiger partial charge in [0.25, 0.3) is 5.56 Å². The molecule has 21 heavy (non-hydrogen) atoms. The average molecular weight is 283 g/mol. The number of nitrogens with zero attached hydrogens (tertiary/aromatic N) is 2. The number of fused-ring (bicyclic) bond motifs is 2. The molecule has 4 heteroatoms. The van der Waals surface area contributed by atoms with E-state index in [1.54, 1.807) is 4.57 Å². The van der Waals surface area contributed by atoms with Crippen molar-refractivity contribution in [2.75, 3.05) is 24.5 Å². The molecule has 3 unspecified atom stereocenters. The van der Waals surface area contributed by atoms with Gasteiger partial charge in [0.1, 0.15) is 0 Å². The molecule has 0 bridgehead atoms. The third kappa shape index (κ3) is 1.82. The number of nitrogens with one attached hydrogen (secondary N) is 1. The van der Waals surface area contributed by atoms with E-state index in [1.165, 1.54) is 5.39 Å². The largest absolute Gasteiger partial charge is 0.367 e. The molecule has 4 rings (SSSR count). The second-order valence-corrected chi connectivity index (χ2v) is 6.42. The minimum atomic E-state index is 0.0751. The summed E-state index contributed by atoms with van der Waals surface area (Å²) in [6.45, 7) is 5.55. The van der Waals surface area contributed by atoms with E-state index >= 15 is 0 Å². The minimum Gasteiger partial charge on any atom is -0.367 e. The van der Waals surface area contributed by atoms with Crippen molar-refractivity contribution in [2.45, 2.75) is 13.0 Å². The third-order valence-corrected chi connectivity index (χ3v) is 5.38. The van der Waals surface area contributed by atoms with Crippen molar-refractivity contribution in [3.63, 3.8) is 0 Å². The summed E-state index contributed by atoms with van der Waals surface area (Å²) in [5.41, 5.74) is 2.20. The molecule has 4 nitrogen and oxygen atoms in total. The summed E-state index contributed by atoms with van der Waals surface area (Å²) in [5.74, 6) is 1.41. The lowest BCUT2D eigenvalue weighted by Crippen LogP contribution is -2.34. The van der Waals surface area contributed by atoms with Gasteiger partial charge >= 0.3 is 0 Å². The Bertz CT molecular complexity index is 751. The van der Waals surface area contributed by atoms with E-state index in [0.29, 0.717) is 17.9 Å². The van der Waals surface area contributed by atoms with Crippen LogP contribution in [-0.2, 0) is 7.05 Å². The molecule has 110 valence electrons. The van der Waals surface area contributed by atoms with Crippen molar-refractivity contribution in [2.24, 2.45) is 18.9 Å². The first-order valence-electron chi connectivity index (χ1n) is 7.73. The van der Waals surface area contributed by atoms with Crippen molar-refractivity contribution in [1.82, 2.24) is 9.88 Å². The Balaban J connectivity index is 1.88. The van der Waals surface area contributed by atoms with E-state index in [-0.39, 0.29) is 5.56 Å². The molecule has 0 saturated carbocycles. The summed E-state index contributed by atoms with van der Waals surface area (Å²) in [7, 11) is 1.85. The van der Waals surface area contributed by atoms with Gasteiger partial charge in [0, 0.05) is 44.2 Å². The Kier molecular flexibility index (Phi) is 2.82. The number of pyridine rings is 1. The zero-order valence-electron chi connectivity index (χ0n) is 12.5. The Hall–Kier alpha value is -1.81. The van der Waals surface area contributed by atoms with Gasteiger partial charge in [0.2, 0.25) is 0 Å². The van der Waals surface area contributed by atoms with Crippen LogP contribution in [0.25, 0.3) is 10.9 Å². The van der Waals surface area contributed by atoms with Crippen LogP contribution in [0.2, 0.25) is 0 Å². The van der Waals surface area contributed by atoms with Gasteiger partial charge in [0.15, 0.2) is 0 Å². The van der Waals surface area contributed by atoms with Crippen LogP contribution in [0.1, 0.15) is 6.92 Å². The van der Waals surface area contributed by atoms with Crippen LogP contribution in [0, 0.1) is 11.8 Å². The van der Waals surface area contributed by atoms with Crippen molar-refractivity contribution >= 4 is 16.6 Å². The molecule has 0 radical (unpaired) electrons. The molecule has 0 amide bonds. The standard InChI is InChI=1S/C17H21N3O/c1-11-14-9-18-8-12(14)10-20(11)16-7-17(21)19(2)15-6-4-3-5-13(15)16/h3-7,11-12,14,18H,8-10H2,1-2H3. The summed E-state index contributed by atoms with van der Waals surface area (Å²) in [6.07, 6.45) is 0. The highest BCUT2D eigenvalue weighted by molar-refractivity contribution is 5.92. The van der Waals surface area contributed by atoms with Gasteiger partial charge in [-0.3, -0.25) is 4.79 Å². The number of aryl methyl sites for hydroxylation is 1. The van der Waals surface area contributed by atoms with E-state index < -0.39 is 0 Å². The molecule has 1 aromatic carbocycles. The van der Waals surface area contributed by atoms with Gasteiger partial charge < -0.3 is 14.8 Å².